The van der Waals surface area contributed by atoms with Gasteiger partial charge < -0.3 is 22.5 Å². The minimum Gasteiger partial charge on any atom is -0.399 e. The molecule has 92 valence electrons. The number of hydrogen-bond donors (Lipinski definition) is 4. The zero-order valence-corrected chi connectivity index (χ0v) is 9.57. The van der Waals surface area contributed by atoms with Gasteiger partial charge in [-0.1, -0.05) is 0 Å². The molecule has 0 fully saturated rings. The van der Waals surface area contributed by atoms with Gasteiger partial charge in [0.25, 0.3) is 5.91 Å². The molecule has 0 aliphatic carbocycles. The lowest BCUT2D eigenvalue weighted by molar-refractivity contribution is -0.118. The van der Waals surface area contributed by atoms with Crippen molar-refractivity contribution in [3.63, 3.8) is 0 Å². The van der Waals surface area contributed by atoms with Crippen molar-refractivity contribution in [3.05, 3.63) is 23.8 Å². The van der Waals surface area contributed by atoms with Crippen LogP contribution in [0.3, 0.4) is 0 Å². The van der Waals surface area contributed by atoms with Gasteiger partial charge in [-0.05, 0) is 25.1 Å². The molecule has 17 heavy (non-hydrogen) atoms. The first-order chi connectivity index (χ1) is 7.90. The molecule has 0 saturated carbocycles. The Balaban J connectivity index is 2.90. The lowest BCUT2D eigenvalue weighted by Gasteiger charge is -2.16. The number of nitrogens with two attached hydrogens (primary N) is 3. The molecule has 0 aliphatic rings. The van der Waals surface area contributed by atoms with Crippen molar-refractivity contribution in [2.24, 2.45) is 11.5 Å². The quantitative estimate of drug-likeness (QED) is 0.539. The van der Waals surface area contributed by atoms with Gasteiger partial charge in [0, 0.05) is 23.8 Å². The Hall–Kier alpha value is -2.24. The zero-order valence-electron chi connectivity index (χ0n) is 9.57. The predicted octanol–water partition coefficient (Wildman–Crippen LogP) is 0.0435. The maximum atomic E-state index is 11.2. The maximum Gasteiger partial charge on any atom is 0.250 e. The summed E-state index contributed by atoms with van der Waals surface area (Å²) in [6.07, 6.45) is 0.169. The first-order valence-corrected chi connectivity index (χ1v) is 5.14. The van der Waals surface area contributed by atoms with Crippen LogP contribution >= 0.6 is 0 Å². The minimum absolute atomic E-state index is 0.169. The van der Waals surface area contributed by atoms with E-state index in [0.29, 0.717) is 16.9 Å². The van der Waals surface area contributed by atoms with Crippen LogP contribution in [-0.4, -0.2) is 17.9 Å². The Morgan fingerprint density at radius 3 is 2.53 bits per heavy atom. The first-order valence-electron chi connectivity index (χ1n) is 5.14. The number of nitrogens with one attached hydrogen (secondary N) is 1. The Labute approximate surface area is 99.1 Å². The van der Waals surface area contributed by atoms with Crippen LogP contribution in [0.1, 0.15) is 23.7 Å². The topological polar surface area (TPSA) is 124 Å². The van der Waals surface area contributed by atoms with Crippen molar-refractivity contribution < 1.29 is 9.59 Å². The molecule has 1 aromatic rings. The molecule has 0 heterocycles. The fourth-order valence-corrected chi connectivity index (χ4v) is 1.51. The smallest absolute Gasteiger partial charge is 0.250 e. The van der Waals surface area contributed by atoms with E-state index in [1.165, 1.54) is 6.07 Å². The van der Waals surface area contributed by atoms with Crippen LogP contribution in [0.5, 0.6) is 0 Å². The molecule has 2 amide bonds. The van der Waals surface area contributed by atoms with E-state index in [-0.39, 0.29) is 12.5 Å². The number of rotatable bonds is 5. The molecule has 7 N–H and O–H groups in total. The SMILES string of the molecule is CC(CC(N)=O)Nc1ccc(N)cc1C(N)=O. The molecule has 0 aliphatic heterocycles. The summed E-state index contributed by atoms with van der Waals surface area (Å²) >= 11 is 0. The summed E-state index contributed by atoms with van der Waals surface area (Å²) in [4.78, 5) is 22.0. The van der Waals surface area contributed by atoms with E-state index in [1.54, 1.807) is 19.1 Å². The van der Waals surface area contributed by atoms with Crippen molar-refractivity contribution in [2.75, 3.05) is 11.1 Å². The largest absolute Gasteiger partial charge is 0.399 e. The van der Waals surface area contributed by atoms with Crippen molar-refractivity contribution in [2.45, 2.75) is 19.4 Å². The van der Waals surface area contributed by atoms with Crippen molar-refractivity contribution >= 4 is 23.2 Å². The van der Waals surface area contributed by atoms with Crippen LogP contribution in [0.4, 0.5) is 11.4 Å². The van der Waals surface area contributed by atoms with Gasteiger partial charge in [0.2, 0.25) is 5.91 Å². The number of benzene rings is 1. The Bertz CT molecular complexity index is 445. The van der Waals surface area contributed by atoms with Crippen molar-refractivity contribution in [1.82, 2.24) is 0 Å². The van der Waals surface area contributed by atoms with E-state index in [0.717, 1.165) is 0 Å². The van der Waals surface area contributed by atoms with Crippen LogP contribution in [-0.2, 0) is 4.79 Å². The highest BCUT2D eigenvalue weighted by Gasteiger charge is 2.12. The van der Waals surface area contributed by atoms with Crippen molar-refractivity contribution in [3.8, 4) is 0 Å². The van der Waals surface area contributed by atoms with Crippen LogP contribution in [0.25, 0.3) is 0 Å². The fraction of sp³-hybridized carbons (Fsp3) is 0.273. The molecule has 0 spiro atoms. The Morgan fingerprint density at radius 2 is 2.00 bits per heavy atom. The molecule has 1 rings (SSSR count). The minimum atomic E-state index is -0.578. The number of carbonyl (C=O) groups excluding carboxylic acids is 2. The summed E-state index contributed by atoms with van der Waals surface area (Å²) in [5, 5.41) is 2.99. The average Bonchev–Trinajstić information content (AvgIpc) is 2.19. The molecule has 1 aromatic carbocycles. The summed E-state index contributed by atoms with van der Waals surface area (Å²) < 4.78 is 0. The van der Waals surface area contributed by atoms with Gasteiger partial charge in [0.1, 0.15) is 0 Å². The highest BCUT2D eigenvalue weighted by atomic mass is 16.1. The van der Waals surface area contributed by atoms with E-state index in [4.69, 9.17) is 17.2 Å². The van der Waals surface area contributed by atoms with E-state index >= 15 is 0 Å². The highest BCUT2D eigenvalue weighted by Crippen LogP contribution is 2.19. The average molecular weight is 236 g/mol. The highest BCUT2D eigenvalue weighted by molar-refractivity contribution is 5.99. The normalized spacial score (nSPS) is 11.8. The third kappa shape index (κ3) is 3.67. The van der Waals surface area contributed by atoms with E-state index in [2.05, 4.69) is 5.32 Å². The summed E-state index contributed by atoms with van der Waals surface area (Å²) in [5.41, 5.74) is 17.2. The predicted molar refractivity (Wildman–Crippen MR) is 66.3 cm³/mol. The molecular weight excluding hydrogens is 220 g/mol. The van der Waals surface area contributed by atoms with Gasteiger partial charge in [0.05, 0.1) is 5.56 Å². The third-order valence-corrected chi connectivity index (χ3v) is 2.22. The summed E-state index contributed by atoms with van der Waals surface area (Å²) in [5.74, 6) is -0.993. The molecule has 6 nitrogen and oxygen atoms in total. The maximum absolute atomic E-state index is 11.2. The summed E-state index contributed by atoms with van der Waals surface area (Å²) in [6, 6.07) is 4.59. The second-order valence-corrected chi connectivity index (χ2v) is 3.89. The number of nitrogen functional groups attached to an aromatic ring is 1. The van der Waals surface area contributed by atoms with Crippen LogP contribution in [0, 0.1) is 0 Å². The summed E-state index contributed by atoms with van der Waals surface area (Å²) in [7, 11) is 0. The number of hydrogen-bond acceptors (Lipinski definition) is 4. The van der Waals surface area contributed by atoms with Gasteiger partial charge in [-0.3, -0.25) is 9.59 Å². The molecule has 6 heteroatoms. The number of primary amides is 2. The molecule has 0 aromatic heterocycles. The lowest BCUT2D eigenvalue weighted by atomic mass is 10.1. The number of carbonyl (C=O) groups is 2. The second-order valence-electron chi connectivity index (χ2n) is 3.89. The number of anilines is 2. The van der Waals surface area contributed by atoms with Crippen LogP contribution < -0.4 is 22.5 Å². The molecule has 0 saturated heterocycles. The molecule has 1 unspecified atom stereocenters. The van der Waals surface area contributed by atoms with Gasteiger partial charge in [-0.2, -0.15) is 0 Å². The Morgan fingerprint density at radius 1 is 1.35 bits per heavy atom. The van der Waals surface area contributed by atoms with Crippen LogP contribution in [0.2, 0.25) is 0 Å². The van der Waals surface area contributed by atoms with Crippen molar-refractivity contribution in [1.29, 1.82) is 0 Å². The second kappa shape index (κ2) is 5.20. The van der Waals surface area contributed by atoms with E-state index < -0.39 is 11.8 Å². The lowest BCUT2D eigenvalue weighted by Crippen LogP contribution is -2.25. The standard InChI is InChI=1S/C11H16N4O2/c1-6(4-10(13)16)15-9-3-2-7(12)5-8(9)11(14)17/h2-3,5-6,15H,4,12H2,1H3,(H2,13,16)(H2,14,17). The zero-order chi connectivity index (χ0) is 13.0. The van der Waals surface area contributed by atoms with E-state index in [1.807, 2.05) is 0 Å². The molecule has 0 radical (unpaired) electrons. The fourth-order valence-electron chi connectivity index (χ4n) is 1.51. The molecule has 1 atom stereocenters. The summed E-state index contributed by atoms with van der Waals surface area (Å²) in [6.45, 7) is 1.78. The van der Waals surface area contributed by atoms with Gasteiger partial charge in [0.15, 0.2) is 0 Å². The first kappa shape index (κ1) is 12.8. The third-order valence-electron chi connectivity index (χ3n) is 2.22. The van der Waals surface area contributed by atoms with E-state index in [9.17, 15) is 9.59 Å². The van der Waals surface area contributed by atoms with Gasteiger partial charge in [-0.25, -0.2) is 0 Å². The monoisotopic (exact) mass is 236 g/mol. The molecule has 0 bridgehead atoms. The van der Waals surface area contributed by atoms with Gasteiger partial charge in [-0.15, -0.1) is 0 Å². The van der Waals surface area contributed by atoms with Gasteiger partial charge >= 0.3 is 0 Å². The number of amides is 2. The molecular formula is C11H16N4O2. The Kier molecular flexibility index (Phi) is 3.92. The van der Waals surface area contributed by atoms with Crippen LogP contribution in [0.15, 0.2) is 18.2 Å².